The summed E-state index contributed by atoms with van der Waals surface area (Å²) in [4.78, 5) is 2.30. The monoisotopic (exact) mass is 579 g/mol. The summed E-state index contributed by atoms with van der Waals surface area (Å²) in [6.45, 7) is 0. The highest BCUT2D eigenvalue weighted by atomic mass is 16.6. The van der Waals surface area contributed by atoms with Gasteiger partial charge in [0.05, 0.1) is 0 Å². The Kier molecular flexibility index (Phi) is 6.82. The zero-order valence-corrected chi connectivity index (χ0v) is 24.5. The average molecular weight is 580 g/mol. The van der Waals surface area contributed by atoms with E-state index in [0.29, 0.717) is 5.75 Å². The number of rotatable bonds is 6. The van der Waals surface area contributed by atoms with Gasteiger partial charge in [0.1, 0.15) is 0 Å². The maximum atomic E-state index is 6.34. The zero-order valence-electron chi connectivity index (χ0n) is 24.5. The largest absolute Gasteiger partial charge is 0.449 e. The molecule has 45 heavy (non-hydrogen) atoms. The van der Waals surface area contributed by atoms with Crippen molar-refractivity contribution in [2.75, 3.05) is 4.90 Å². The molecule has 0 bridgehead atoms. The maximum Gasteiger partial charge on any atom is 0.177 e. The van der Waals surface area contributed by atoms with E-state index in [1.807, 2.05) is 48.5 Å². The van der Waals surface area contributed by atoms with E-state index >= 15 is 0 Å². The fraction of sp³-hybridized carbons (Fsp3) is 0. The number of anilines is 3. The van der Waals surface area contributed by atoms with Gasteiger partial charge in [0.25, 0.3) is 0 Å². The van der Waals surface area contributed by atoms with Gasteiger partial charge in [0.15, 0.2) is 23.0 Å². The average Bonchev–Trinajstić information content (AvgIpc) is 3.12. The molecule has 0 spiro atoms. The molecule has 8 rings (SSSR count). The fourth-order valence-corrected chi connectivity index (χ4v) is 5.88. The molecule has 0 radical (unpaired) electrons. The molecule has 0 atom stereocenters. The first-order chi connectivity index (χ1) is 22.3. The number of para-hydroxylation sites is 3. The van der Waals surface area contributed by atoms with Gasteiger partial charge in [-0.15, -0.1) is 0 Å². The van der Waals surface area contributed by atoms with Crippen molar-refractivity contribution in [1.29, 1.82) is 0 Å². The van der Waals surface area contributed by atoms with Gasteiger partial charge < -0.3 is 14.4 Å². The standard InChI is InChI=1S/C42H29NO2/c1-3-10-30(11-4-1)32-18-24-35(25-19-32)43(36-26-20-33(21-27-36)31-12-5-2-6-13-31)37-28-22-34(23-29-37)38-14-9-17-41-42(38)45-40-16-8-7-15-39(40)44-41/h1-29H. The molecule has 7 aromatic rings. The summed E-state index contributed by atoms with van der Waals surface area (Å²) in [5.41, 5.74) is 10.0. The van der Waals surface area contributed by atoms with Gasteiger partial charge in [0.2, 0.25) is 0 Å². The van der Waals surface area contributed by atoms with Crippen molar-refractivity contribution in [2.45, 2.75) is 0 Å². The number of hydrogen-bond acceptors (Lipinski definition) is 3. The van der Waals surface area contributed by atoms with Gasteiger partial charge in [-0.05, 0) is 82.4 Å². The quantitative estimate of drug-likeness (QED) is 0.196. The first kappa shape index (κ1) is 26.6. The van der Waals surface area contributed by atoms with Gasteiger partial charge in [-0.2, -0.15) is 0 Å². The molecule has 1 heterocycles. The summed E-state index contributed by atoms with van der Waals surface area (Å²) in [6, 6.07) is 60.9. The first-order valence-electron chi connectivity index (χ1n) is 15.1. The van der Waals surface area contributed by atoms with Crippen LogP contribution < -0.4 is 14.4 Å². The van der Waals surface area contributed by atoms with Crippen LogP contribution in [0.1, 0.15) is 0 Å². The minimum absolute atomic E-state index is 0.717. The lowest BCUT2D eigenvalue weighted by molar-refractivity contribution is 0.361. The molecule has 0 aromatic heterocycles. The molecule has 214 valence electrons. The summed E-state index contributed by atoms with van der Waals surface area (Å²) in [5, 5.41) is 0. The number of hydrogen-bond donors (Lipinski definition) is 0. The third-order valence-corrected chi connectivity index (χ3v) is 8.16. The van der Waals surface area contributed by atoms with Crippen LogP contribution in [0.25, 0.3) is 33.4 Å². The van der Waals surface area contributed by atoms with Crippen LogP contribution in [0.5, 0.6) is 23.0 Å². The molecule has 0 amide bonds. The fourth-order valence-electron chi connectivity index (χ4n) is 5.88. The van der Waals surface area contributed by atoms with Gasteiger partial charge in [0, 0.05) is 22.6 Å². The number of benzene rings is 7. The van der Waals surface area contributed by atoms with Gasteiger partial charge >= 0.3 is 0 Å². The minimum atomic E-state index is 0.717. The molecule has 0 saturated carbocycles. The number of nitrogens with zero attached hydrogens (tertiary/aromatic N) is 1. The highest BCUT2D eigenvalue weighted by molar-refractivity contribution is 5.82. The van der Waals surface area contributed by atoms with E-state index in [1.54, 1.807) is 0 Å². The zero-order chi connectivity index (χ0) is 30.0. The first-order valence-corrected chi connectivity index (χ1v) is 15.1. The number of ether oxygens (including phenoxy) is 2. The molecule has 0 fully saturated rings. The minimum Gasteiger partial charge on any atom is -0.449 e. The highest BCUT2D eigenvalue weighted by Gasteiger charge is 2.22. The van der Waals surface area contributed by atoms with Crippen molar-refractivity contribution >= 4 is 17.1 Å². The topological polar surface area (TPSA) is 21.7 Å². The summed E-state index contributed by atoms with van der Waals surface area (Å²) in [5.74, 6) is 2.89. The summed E-state index contributed by atoms with van der Waals surface area (Å²) < 4.78 is 12.5. The normalized spacial score (nSPS) is 11.5. The summed E-state index contributed by atoms with van der Waals surface area (Å²) in [6.07, 6.45) is 0. The molecular weight excluding hydrogens is 550 g/mol. The van der Waals surface area contributed by atoms with Crippen molar-refractivity contribution in [3.63, 3.8) is 0 Å². The van der Waals surface area contributed by atoms with E-state index < -0.39 is 0 Å². The van der Waals surface area contributed by atoms with Crippen molar-refractivity contribution in [3.05, 3.63) is 176 Å². The van der Waals surface area contributed by atoms with Crippen LogP contribution in [0.3, 0.4) is 0 Å². The van der Waals surface area contributed by atoms with Gasteiger partial charge in [-0.25, -0.2) is 0 Å². The molecular formula is C42H29NO2. The van der Waals surface area contributed by atoms with Crippen LogP contribution in [0.15, 0.2) is 176 Å². The van der Waals surface area contributed by atoms with Crippen molar-refractivity contribution in [1.82, 2.24) is 0 Å². The molecule has 3 heteroatoms. The molecule has 0 N–H and O–H groups in total. The van der Waals surface area contributed by atoms with Crippen LogP contribution in [0.4, 0.5) is 17.1 Å². The Morgan fingerprint density at radius 3 is 1.20 bits per heavy atom. The van der Waals surface area contributed by atoms with E-state index in [0.717, 1.165) is 45.4 Å². The second-order valence-corrected chi connectivity index (χ2v) is 11.0. The second kappa shape index (κ2) is 11.6. The predicted octanol–water partition coefficient (Wildman–Crippen LogP) is 12.1. The van der Waals surface area contributed by atoms with Crippen LogP contribution in [0.2, 0.25) is 0 Å². The summed E-state index contributed by atoms with van der Waals surface area (Å²) >= 11 is 0. The molecule has 0 saturated heterocycles. The Morgan fingerprint density at radius 2 is 0.689 bits per heavy atom. The van der Waals surface area contributed by atoms with Crippen LogP contribution in [-0.4, -0.2) is 0 Å². The Hall–Kier alpha value is -6.06. The van der Waals surface area contributed by atoms with Gasteiger partial charge in [-0.1, -0.05) is 121 Å². The molecule has 0 unspecified atom stereocenters. The van der Waals surface area contributed by atoms with E-state index in [4.69, 9.17) is 9.47 Å². The molecule has 1 aliphatic heterocycles. The van der Waals surface area contributed by atoms with Crippen LogP contribution in [-0.2, 0) is 0 Å². The van der Waals surface area contributed by atoms with Crippen LogP contribution >= 0.6 is 0 Å². The smallest absolute Gasteiger partial charge is 0.177 e. The lowest BCUT2D eigenvalue weighted by Crippen LogP contribution is -2.09. The van der Waals surface area contributed by atoms with E-state index in [-0.39, 0.29) is 0 Å². The van der Waals surface area contributed by atoms with Crippen molar-refractivity contribution in [3.8, 4) is 56.4 Å². The lowest BCUT2D eigenvalue weighted by atomic mass is 10.0. The van der Waals surface area contributed by atoms with Crippen LogP contribution in [0, 0.1) is 0 Å². The van der Waals surface area contributed by atoms with E-state index in [9.17, 15) is 0 Å². The van der Waals surface area contributed by atoms with E-state index in [1.165, 1.54) is 22.3 Å². The third kappa shape index (κ3) is 5.21. The maximum absolute atomic E-state index is 6.34. The third-order valence-electron chi connectivity index (χ3n) is 8.16. The van der Waals surface area contributed by atoms with Crippen molar-refractivity contribution in [2.24, 2.45) is 0 Å². The molecule has 7 aromatic carbocycles. The molecule has 1 aliphatic rings. The Morgan fingerprint density at radius 1 is 0.289 bits per heavy atom. The Balaban J connectivity index is 1.16. The Bertz CT molecular complexity index is 1990. The molecule has 3 nitrogen and oxygen atoms in total. The SMILES string of the molecule is c1ccc(-c2ccc(N(c3ccc(-c4ccccc4)cc3)c3ccc(-c4cccc5c4Oc4ccccc4O5)cc3)cc2)cc1. The highest BCUT2D eigenvalue weighted by Crippen LogP contribution is 2.49. The lowest BCUT2D eigenvalue weighted by Gasteiger charge is -2.26. The summed E-state index contributed by atoms with van der Waals surface area (Å²) in [7, 11) is 0. The molecule has 0 aliphatic carbocycles. The van der Waals surface area contributed by atoms with E-state index in [2.05, 4.69) is 132 Å². The Labute approximate surface area is 263 Å². The predicted molar refractivity (Wildman–Crippen MR) is 184 cm³/mol. The van der Waals surface area contributed by atoms with Gasteiger partial charge in [-0.3, -0.25) is 0 Å². The van der Waals surface area contributed by atoms with Crippen molar-refractivity contribution < 1.29 is 9.47 Å². The second-order valence-electron chi connectivity index (χ2n) is 11.0. The number of fused-ring (bicyclic) bond motifs is 2.